The standard InChI is InChI=1S/C18H22N2O3/c1-3-14(13-22-2)19-18(21)20-16-11-7-8-12-17(16)23-15-9-5-4-6-10-15/h4-12,14H,3,13H2,1-2H3,(H2,19,20,21). The lowest BCUT2D eigenvalue weighted by Gasteiger charge is -2.17. The number of benzene rings is 2. The highest BCUT2D eigenvalue weighted by atomic mass is 16.5. The maximum Gasteiger partial charge on any atom is 0.319 e. The molecule has 0 heterocycles. The van der Waals surface area contributed by atoms with Crippen LogP contribution in [0, 0.1) is 0 Å². The molecule has 0 bridgehead atoms. The lowest BCUT2D eigenvalue weighted by atomic mass is 10.2. The molecule has 1 unspecified atom stereocenters. The first kappa shape index (κ1) is 16.8. The highest BCUT2D eigenvalue weighted by molar-refractivity contribution is 5.91. The van der Waals surface area contributed by atoms with E-state index in [-0.39, 0.29) is 12.1 Å². The third-order valence-corrected chi connectivity index (χ3v) is 3.30. The highest BCUT2D eigenvalue weighted by Crippen LogP contribution is 2.28. The minimum atomic E-state index is -0.280. The molecule has 2 aromatic rings. The average Bonchev–Trinajstić information content (AvgIpc) is 2.57. The van der Waals surface area contributed by atoms with E-state index in [1.165, 1.54) is 0 Å². The highest BCUT2D eigenvalue weighted by Gasteiger charge is 2.12. The van der Waals surface area contributed by atoms with Crippen molar-refractivity contribution in [1.82, 2.24) is 5.32 Å². The number of urea groups is 1. The first-order valence-electron chi connectivity index (χ1n) is 7.61. The number of amides is 2. The fraction of sp³-hybridized carbons (Fsp3) is 0.278. The van der Waals surface area contributed by atoms with Gasteiger partial charge in [0.15, 0.2) is 5.75 Å². The van der Waals surface area contributed by atoms with Gasteiger partial charge in [0.1, 0.15) is 5.75 Å². The third kappa shape index (κ3) is 5.30. The van der Waals surface area contributed by atoms with Crippen LogP contribution in [0.5, 0.6) is 11.5 Å². The Morgan fingerprint density at radius 1 is 1.09 bits per heavy atom. The van der Waals surface area contributed by atoms with Gasteiger partial charge in [-0.1, -0.05) is 37.3 Å². The molecule has 23 heavy (non-hydrogen) atoms. The van der Waals surface area contributed by atoms with Gasteiger partial charge in [-0.2, -0.15) is 0 Å². The molecule has 0 aliphatic rings. The van der Waals surface area contributed by atoms with Gasteiger partial charge in [-0.3, -0.25) is 0 Å². The minimum absolute atomic E-state index is 0.0257. The summed E-state index contributed by atoms with van der Waals surface area (Å²) < 4.78 is 10.9. The Morgan fingerprint density at radius 2 is 1.78 bits per heavy atom. The molecule has 2 N–H and O–H groups in total. The van der Waals surface area contributed by atoms with Gasteiger partial charge in [0.05, 0.1) is 18.3 Å². The maximum absolute atomic E-state index is 12.1. The van der Waals surface area contributed by atoms with E-state index < -0.39 is 0 Å². The van der Waals surface area contributed by atoms with Crippen LogP contribution in [0.2, 0.25) is 0 Å². The first-order chi connectivity index (χ1) is 11.2. The van der Waals surface area contributed by atoms with Gasteiger partial charge in [0.2, 0.25) is 0 Å². The lowest BCUT2D eigenvalue weighted by molar-refractivity contribution is 0.165. The molecule has 0 aliphatic carbocycles. The number of hydrogen-bond acceptors (Lipinski definition) is 3. The SMILES string of the molecule is CCC(COC)NC(=O)Nc1ccccc1Oc1ccccc1. The normalized spacial score (nSPS) is 11.6. The molecule has 0 spiro atoms. The van der Waals surface area contributed by atoms with E-state index in [1.807, 2.05) is 55.5 Å². The van der Waals surface area contributed by atoms with Crippen LogP contribution in [0.3, 0.4) is 0 Å². The van der Waals surface area contributed by atoms with Crippen LogP contribution >= 0.6 is 0 Å². The lowest BCUT2D eigenvalue weighted by Crippen LogP contribution is -2.40. The van der Waals surface area contributed by atoms with Crippen molar-refractivity contribution in [3.63, 3.8) is 0 Å². The fourth-order valence-electron chi connectivity index (χ4n) is 2.08. The Hall–Kier alpha value is -2.53. The summed E-state index contributed by atoms with van der Waals surface area (Å²) in [6.07, 6.45) is 0.795. The molecule has 122 valence electrons. The molecule has 5 nitrogen and oxygen atoms in total. The molecule has 0 saturated heterocycles. The maximum atomic E-state index is 12.1. The van der Waals surface area contributed by atoms with Gasteiger partial charge in [-0.05, 0) is 30.7 Å². The molecule has 5 heteroatoms. The van der Waals surface area contributed by atoms with Crippen molar-refractivity contribution >= 4 is 11.7 Å². The van der Waals surface area contributed by atoms with Crippen LogP contribution in [0.1, 0.15) is 13.3 Å². The summed E-state index contributed by atoms with van der Waals surface area (Å²) in [6.45, 7) is 2.47. The van der Waals surface area contributed by atoms with E-state index in [4.69, 9.17) is 9.47 Å². The number of methoxy groups -OCH3 is 1. The summed E-state index contributed by atoms with van der Waals surface area (Å²) in [6, 6.07) is 16.5. The van der Waals surface area contributed by atoms with Gasteiger partial charge in [-0.15, -0.1) is 0 Å². The average molecular weight is 314 g/mol. The number of ether oxygens (including phenoxy) is 2. The van der Waals surface area contributed by atoms with E-state index in [9.17, 15) is 4.79 Å². The first-order valence-corrected chi connectivity index (χ1v) is 7.61. The second-order valence-electron chi connectivity index (χ2n) is 5.07. The molecule has 0 fully saturated rings. The van der Waals surface area contributed by atoms with Gasteiger partial charge < -0.3 is 20.1 Å². The van der Waals surface area contributed by atoms with Crippen molar-refractivity contribution < 1.29 is 14.3 Å². The van der Waals surface area contributed by atoms with E-state index in [0.717, 1.165) is 6.42 Å². The van der Waals surface area contributed by atoms with Gasteiger partial charge >= 0.3 is 6.03 Å². The van der Waals surface area contributed by atoms with Crippen LogP contribution in [0.25, 0.3) is 0 Å². The number of carbonyl (C=O) groups is 1. The summed E-state index contributed by atoms with van der Waals surface area (Å²) in [7, 11) is 1.62. The summed E-state index contributed by atoms with van der Waals surface area (Å²) in [5, 5.41) is 5.70. The third-order valence-electron chi connectivity index (χ3n) is 3.30. The van der Waals surface area contributed by atoms with Crippen molar-refractivity contribution in [2.24, 2.45) is 0 Å². The zero-order valence-corrected chi connectivity index (χ0v) is 13.4. The van der Waals surface area contributed by atoms with Crippen LogP contribution in [0.4, 0.5) is 10.5 Å². The molecule has 0 aromatic heterocycles. The number of carbonyl (C=O) groups excluding carboxylic acids is 1. The summed E-state index contributed by atoms with van der Waals surface area (Å²) >= 11 is 0. The molecule has 0 saturated carbocycles. The van der Waals surface area contributed by atoms with Gasteiger partial charge in [-0.25, -0.2) is 4.79 Å². The Labute approximate surface area is 136 Å². The van der Waals surface area contributed by atoms with Gasteiger partial charge in [0, 0.05) is 7.11 Å². The predicted octanol–water partition coefficient (Wildman–Crippen LogP) is 4.03. The fourth-order valence-corrected chi connectivity index (χ4v) is 2.08. The quantitative estimate of drug-likeness (QED) is 0.811. The zero-order chi connectivity index (χ0) is 16.5. The molecule has 2 rings (SSSR count). The Morgan fingerprint density at radius 3 is 2.48 bits per heavy atom. The van der Waals surface area contributed by atoms with Crippen molar-refractivity contribution in [2.45, 2.75) is 19.4 Å². The molecule has 0 radical (unpaired) electrons. The summed E-state index contributed by atoms with van der Waals surface area (Å²) in [4.78, 5) is 12.1. The zero-order valence-electron chi connectivity index (χ0n) is 13.4. The molecular formula is C18H22N2O3. The van der Waals surface area contributed by atoms with Crippen LogP contribution < -0.4 is 15.4 Å². The minimum Gasteiger partial charge on any atom is -0.455 e. The van der Waals surface area contributed by atoms with Crippen LogP contribution in [-0.4, -0.2) is 25.8 Å². The van der Waals surface area contributed by atoms with Crippen molar-refractivity contribution in [2.75, 3.05) is 19.0 Å². The van der Waals surface area contributed by atoms with Crippen LogP contribution in [-0.2, 0) is 4.74 Å². The van der Waals surface area contributed by atoms with Crippen molar-refractivity contribution in [3.8, 4) is 11.5 Å². The number of para-hydroxylation sites is 3. The number of rotatable bonds is 7. The van der Waals surface area contributed by atoms with E-state index >= 15 is 0 Å². The molecular weight excluding hydrogens is 292 g/mol. The molecule has 0 aliphatic heterocycles. The monoisotopic (exact) mass is 314 g/mol. The van der Waals surface area contributed by atoms with E-state index in [0.29, 0.717) is 23.8 Å². The van der Waals surface area contributed by atoms with Crippen molar-refractivity contribution in [3.05, 3.63) is 54.6 Å². The Bertz CT molecular complexity index is 617. The smallest absolute Gasteiger partial charge is 0.319 e. The van der Waals surface area contributed by atoms with Crippen LogP contribution in [0.15, 0.2) is 54.6 Å². The second kappa shape index (κ2) is 8.80. The topological polar surface area (TPSA) is 59.6 Å². The summed E-state index contributed by atoms with van der Waals surface area (Å²) in [5.41, 5.74) is 0.612. The molecule has 2 aromatic carbocycles. The number of anilines is 1. The second-order valence-corrected chi connectivity index (χ2v) is 5.07. The Balaban J connectivity index is 2.04. The number of nitrogens with one attached hydrogen (secondary N) is 2. The largest absolute Gasteiger partial charge is 0.455 e. The molecule has 2 amide bonds. The van der Waals surface area contributed by atoms with E-state index in [2.05, 4.69) is 10.6 Å². The van der Waals surface area contributed by atoms with Gasteiger partial charge in [0.25, 0.3) is 0 Å². The Kier molecular flexibility index (Phi) is 6.44. The van der Waals surface area contributed by atoms with Crippen molar-refractivity contribution in [1.29, 1.82) is 0 Å². The summed E-state index contributed by atoms with van der Waals surface area (Å²) in [5.74, 6) is 1.31. The molecule has 1 atom stereocenters. The number of hydrogen-bond donors (Lipinski definition) is 2. The predicted molar refractivity (Wildman–Crippen MR) is 91.1 cm³/mol. The van der Waals surface area contributed by atoms with E-state index in [1.54, 1.807) is 13.2 Å².